The number of halogens is 1. The average Bonchev–Trinajstić information content (AvgIpc) is 2.03. The van der Waals surface area contributed by atoms with Gasteiger partial charge in [0.2, 0.25) is 0 Å². The van der Waals surface area contributed by atoms with Gasteiger partial charge in [0, 0.05) is 4.87 Å². The SMILES string of the molecule is CCc1ccc(CC(C)(C)Cl)cc1. The highest BCUT2D eigenvalue weighted by atomic mass is 35.5. The summed E-state index contributed by atoms with van der Waals surface area (Å²) in [4.78, 5) is -0.131. The summed E-state index contributed by atoms with van der Waals surface area (Å²) in [5.74, 6) is 0. The average molecular weight is 197 g/mol. The zero-order valence-electron chi connectivity index (χ0n) is 8.60. The summed E-state index contributed by atoms with van der Waals surface area (Å²) < 4.78 is 0. The second-order valence-corrected chi connectivity index (χ2v) is 5.09. The summed E-state index contributed by atoms with van der Waals surface area (Å²) in [6.07, 6.45) is 2.03. The van der Waals surface area contributed by atoms with Crippen molar-refractivity contribution in [2.45, 2.75) is 38.5 Å². The van der Waals surface area contributed by atoms with Gasteiger partial charge in [0.1, 0.15) is 0 Å². The molecule has 72 valence electrons. The molecule has 0 N–H and O–H groups in total. The third-order valence-corrected chi connectivity index (χ3v) is 2.19. The van der Waals surface area contributed by atoms with Crippen molar-refractivity contribution < 1.29 is 0 Å². The zero-order chi connectivity index (χ0) is 9.90. The highest BCUT2D eigenvalue weighted by Crippen LogP contribution is 2.19. The zero-order valence-corrected chi connectivity index (χ0v) is 9.36. The number of benzene rings is 1. The number of hydrogen-bond acceptors (Lipinski definition) is 0. The second-order valence-electron chi connectivity index (χ2n) is 4.07. The summed E-state index contributed by atoms with van der Waals surface area (Å²) in [6, 6.07) is 8.70. The Morgan fingerprint density at radius 2 is 1.54 bits per heavy atom. The Labute approximate surface area is 85.9 Å². The highest BCUT2D eigenvalue weighted by molar-refractivity contribution is 6.23. The molecule has 0 saturated carbocycles. The molecule has 0 amide bonds. The second kappa shape index (κ2) is 4.15. The molecule has 0 heterocycles. The maximum Gasteiger partial charge on any atom is 0.0430 e. The molecule has 1 aromatic carbocycles. The van der Waals surface area contributed by atoms with Gasteiger partial charge in [-0.1, -0.05) is 31.2 Å². The standard InChI is InChI=1S/C12H17Cl/c1-4-10-5-7-11(8-6-10)9-12(2,3)13/h5-8H,4,9H2,1-3H3. The Hall–Kier alpha value is -0.490. The quantitative estimate of drug-likeness (QED) is 0.645. The van der Waals surface area contributed by atoms with Crippen LogP contribution in [0.25, 0.3) is 0 Å². The van der Waals surface area contributed by atoms with E-state index in [2.05, 4.69) is 31.2 Å². The lowest BCUT2D eigenvalue weighted by molar-refractivity contribution is 0.693. The van der Waals surface area contributed by atoms with Crippen molar-refractivity contribution in [3.63, 3.8) is 0 Å². The van der Waals surface area contributed by atoms with Gasteiger partial charge in [-0.25, -0.2) is 0 Å². The maximum atomic E-state index is 6.14. The summed E-state index contributed by atoms with van der Waals surface area (Å²) in [6.45, 7) is 6.26. The minimum Gasteiger partial charge on any atom is -0.120 e. The van der Waals surface area contributed by atoms with Crippen molar-refractivity contribution in [3.05, 3.63) is 35.4 Å². The predicted molar refractivity (Wildman–Crippen MR) is 59.5 cm³/mol. The first kappa shape index (κ1) is 10.6. The van der Waals surface area contributed by atoms with E-state index >= 15 is 0 Å². The van der Waals surface area contributed by atoms with Crippen molar-refractivity contribution in [2.75, 3.05) is 0 Å². The molecule has 0 bridgehead atoms. The van der Waals surface area contributed by atoms with Crippen LogP contribution in [0.1, 0.15) is 31.9 Å². The minimum absolute atomic E-state index is 0.131. The molecule has 0 saturated heterocycles. The molecule has 0 aliphatic carbocycles. The fraction of sp³-hybridized carbons (Fsp3) is 0.500. The van der Waals surface area contributed by atoms with Gasteiger partial charge in [0.25, 0.3) is 0 Å². The summed E-state index contributed by atoms with van der Waals surface area (Å²) >= 11 is 6.14. The van der Waals surface area contributed by atoms with Crippen LogP contribution >= 0.6 is 11.6 Å². The molecule has 0 nitrogen and oxygen atoms in total. The summed E-state index contributed by atoms with van der Waals surface area (Å²) in [5, 5.41) is 0. The smallest absolute Gasteiger partial charge is 0.0430 e. The van der Waals surface area contributed by atoms with Gasteiger partial charge in [-0.2, -0.15) is 0 Å². The van der Waals surface area contributed by atoms with Crippen LogP contribution in [0, 0.1) is 0 Å². The van der Waals surface area contributed by atoms with Gasteiger partial charge in [-0.3, -0.25) is 0 Å². The van der Waals surface area contributed by atoms with Gasteiger partial charge in [-0.15, -0.1) is 11.6 Å². The monoisotopic (exact) mass is 196 g/mol. The summed E-state index contributed by atoms with van der Waals surface area (Å²) in [5.41, 5.74) is 2.70. The number of alkyl halides is 1. The van der Waals surface area contributed by atoms with Crippen LogP contribution in [-0.2, 0) is 12.8 Å². The van der Waals surface area contributed by atoms with E-state index in [1.54, 1.807) is 0 Å². The molecule has 0 spiro atoms. The molecule has 0 radical (unpaired) electrons. The molecule has 1 aromatic rings. The lowest BCUT2D eigenvalue weighted by Gasteiger charge is -2.15. The lowest BCUT2D eigenvalue weighted by Crippen LogP contribution is -2.13. The number of hydrogen-bond donors (Lipinski definition) is 0. The normalized spacial score (nSPS) is 11.7. The molecule has 0 aliphatic rings. The van der Waals surface area contributed by atoms with Gasteiger partial charge < -0.3 is 0 Å². The van der Waals surface area contributed by atoms with Gasteiger partial charge >= 0.3 is 0 Å². The third kappa shape index (κ3) is 3.82. The van der Waals surface area contributed by atoms with E-state index in [-0.39, 0.29) is 4.87 Å². The van der Waals surface area contributed by atoms with Crippen LogP contribution in [0.3, 0.4) is 0 Å². The van der Waals surface area contributed by atoms with Gasteiger partial charge in [0.15, 0.2) is 0 Å². The first-order chi connectivity index (χ1) is 6.01. The van der Waals surface area contributed by atoms with Gasteiger partial charge in [0.05, 0.1) is 0 Å². The molecule has 0 aromatic heterocycles. The van der Waals surface area contributed by atoms with Crippen LogP contribution < -0.4 is 0 Å². The fourth-order valence-corrected chi connectivity index (χ4v) is 1.53. The van der Waals surface area contributed by atoms with E-state index in [0.29, 0.717) is 0 Å². The fourth-order valence-electron chi connectivity index (χ4n) is 1.38. The van der Waals surface area contributed by atoms with Crippen molar-refractivity contribution in [3.8, 4) is 0 Å². The molecule has 13 heavy (non-hydrogen) atoms. The Kier molecular flexibility index (Phi) is 3.38. The van der Waals surface area contributed by atoms with E-state index in [4.69, 9.17) is 11.6 Å². The molecule has 1 rings (SSSR count). The Bertz CT molecular complexity index is 253. The predicted octanol–water partition coefficient (Wildman–Crippen LogP) is 3.81. The molecule has 1 heteroatoms. The molecule has 0 aliphatic heterocycles. The first-order valence-corrected chi connectivity index (χ1v) is 5.16. The van der Waals surface area contributed by atoms with Crippen molar-refractivity contribution in [2.24, 2.45) is 0 Å². The van der Waals surface area contributed by atoms with E-state index in [0.717, 1.165) is 12.8 Å². The minimum atomic E-state index is -0.131. The largest absolute Gasteiger partial charge is 0.120 e. The highest BCUT2D eigenvalue weighted by Gasteiger charge is 2.13. The van der Waals surface area contributed by atoms with E-state index in [9.17, 15) is 0 Å². The molecular weight excluding hydrogens is 180 g/mol. The van der Waals surface area contributed by atoms with E-state index in [1.165, 1.54) is 11.1 Å². The molecule has 0 atom stereocenters. The Morgan fingerprint density at radius 3 is 1.92 bits per heavy atom. The maximum absolute atomic E-state index is 6.14. The molecule has 0 unspecified atom stereocenters. The summed E-state index contributed by atoms with van der Waals surface area (Å²) in [7, 11) is 0. The lowest BCUT2D eigenvalue weighted by atomic mass is 10.0. The van der Waals surface area contributed by atoms with Crippen molar-refractivity contribution in [1.82, 2.24) is 0 Å². The van der Waals surface area contributed by atoms with E-state index in [1.807, 2.05) is 13.8 Å². The van der Waals surface area contributed by atoms with Crippen LogP contribution in [0.4, 0.5) is 0 Å². The molecule has 0 fully saturated rings. The third-order valence-electron chi connectivity index (χ3n) is 2.06. The number of rotatable bonds is 3. The van der Waals surface area contributed by atoms with Crippen molar-refractivity contribution >= 4 is 11.6 Å². The first-order valence-electron chi connectivity index (χ1n) is 4.78. The van der Waals surface area contributed by atoms with Crippen LogP contribution in [0.15, 0.2) is 24.3 Å². The van der Waals surface area contributed by atoms with E-state index < -0.39 is 0 Å². The van der Waals surface area contributed by atoms with Crippen molar-refractivity contribution in [1.29, 1.82) is 0 Å². The molecular formula is C12H17Cl. The Morgan fingerprint density at radius 1 is 1.08 bits per heavy atom. The van der Waals surface area contributed by atoms with Crippen LogP contribution in [0.2, 0.25) is 0 Å². The topological polar surface area (TPSA) is 0 Å². The van der Waals surface area contributed by atoms with Gasteiger partial charge in [-0.05, 0) is 37.8 Å². The number of aryl methyl sites for hydroxylation is 1. The van der Waals surface area contributed by atoms with Crippen LogP contribution in [0.5, 0.6) is 0 Å². The van der Waals surface area contributed by atoms with Crippen LogP contribution in [-0.4, -0.2) is 4.87 Å². The Balaban J connectivity index is 2.70.